The van der Waals surface area contributed by atoms with Crippen LogP contribution in [-0.2, 0) is 21.2 Å². The minimum absolute atomic E-state index is 0.123. The number of para-hydroxylation sites is 1. The van der Waals surface area contributed by atoms with E-state index < -0.39 is 14.6 Å². The van der Waals surface area contributed by atoms with E-state index in [-0.39, 0.29) is 11.9 Å². The van der Waals surface area contributed by atoms with Crippen molar-refractivity contribution in [3.63, 3.8) is 0 Å². The number of carbonyl (C=O) groups is 1. The van der Waals surface area contributed by atoms with E-state index in [9.17, 15) is 13.2 Å². The van der Waals surface area contributed by atoms with Gasteiger partial charge in [-0.15, -0.1) is 0 Å². The van der Waals surface area contributed by atoms with E-state index in [2.05, 4.69) is 0 Å². The molecule has 5 nitrogen and oxygen atoms in total. The maximum atomic E-state index is 12.7. The Balaban J connectivity index is 2.29. The second-order valence-electron chi connectivity index (χ2n) is 6.15. The summed E-state index contributed by atoms with van der Waals surface area (Å²) in [5.74, 6) is -0.351. The van der Waals surface area contributed by atoms with Crippen molar-refractivity contribution in [1.29, 1.82) is 0 Å². The molecule has 1 saturated carbocycles. The van der Waals surface area contributed by atoms with Crippen LogP contribution in [0.4, 0.5) is 5.69 Å². The molecule has 1 aliphatic rings. The van der Waals surface area contributed by atoms with Gasteiger partial charge < -0.3 is 10.6 Å². The third-order valence-electron chi connectivity index (χ3n) is 4.09. The van der Waals surface area contributed by atoms with Gasteiger partial charge in [-0.25, -0.2) is 8.42 Å². The second kappa shape index (κ2) is 5.33. The Morgan fingerprint density at radius 3 is 2.38 bits per heavy atom. The highest BCUT2D eigenvalue weighted by molar-refractivity contribution is 7.92. The molecule has 0 aromatic heterocycles. The van der Waals surface area contributed by atoms with Crippen LogP contribution in [-0.4, -0.2) is 36.3 Å². The zero-order chi connectivity index (χ0) is 15.8. The van der Waals surface area contributed by atoms with Gasteiger partial charge in [-0.05, 0) is 38.3 Å². The van der Waals surface area contributed by atoms with Gasteiger partial charge >= 0.3 is 0 Å². The summed E-state index contributed by atoms with van der Waals surface area (Å²) in [6.45, 7) is 3.29. The number of hydrogen-bond donors (Lipinski definition) is 1. The topological polar surface area (TPSA) is 80.5 Å². The maximum absolute atomic E-state index is 12.7. The molecule has 2 rings (SSSR count). The van der Waals surface area contributed by atoms with Gasteiger partial charge in [0, 0.05) is 24.5 Å². The van der Waals surface area contributed by atoms with Crippen LogP contribution in [0, 0.1) is 0 Å². The van der Waals surface area contributed by atoms with Crippen molar-refractivity contribution >= 4 is 21.4 Å². The Labute approximate surface area is 126 Å². The van der Waals surface area contributed by atoms with Crippen molar-refractivity contribution in [3.8, 4) is 0 Å². The number of nitrogens with zero attached hydrogens (tertiary/aromatic N) is 1. The third-order valence-corrected chi connectivity index (χ3v) is 6.11. The average Bonchev–Trinajstić information content (AvgIpc) is 3.20. The Bertz CT molecular complexity index is 649. The molecule has 1 aromatic carbocycles. The van der Waals surface area contributed by atoms with Crippen LogP contribution in [0.15, 0.2) is 24.3 Å². The molecule has 0 radical (unpaired) electrons. The highest BCUT2D eigenvalue weighted by Gasteiger charge is 2.45. The van der Waals surface area contributed by atoms with Crippen LogP contribution in [0.3, 0.4) is 0 Å². The molecule has 0 heterocycles. The predicted molar refractivity (Wildman–Crippen MR) is 83.3 cm³/mol. The van der Waals surface area contributed by atoms with Crippen LogP contribution in [0.5, 0.6) is 0 Å². The first-order valence-corrected chi connectivity index (χ1v) is 8.88. The first-order chi connectivity index (χ1) is 9.64. The molecule has 0 aliphatic heterocycles. The van der Waals surface area contributed by atoms with Crippen molar-refractivity contribution in [3.05, 3.63) is 29.8 Å². The van der Waals surface area contributed by atoms with Gasteiger partial charge in [-0.1, -0.05) is 18.2 Å². The number of rotatable bonds is 5. The lowest BCUT2D eigenvalue weighted by atomic mass is 10.1. The number of nitrogen functional groups attached to an aromatic ring is 1. The van der Waals surface area contributed by atoms with Gasteiger partial charge in [-0.3, -0.25) is 4.79 Å². The Hall–Kier alpha value is -1.56. The van der Waals surface area contributed by atoms with Gasteiger partial charge in [-0.2, -0.15) is 0 Å². The van der Waals surface area contributed by atoms with Gasteiger partial charge in [0.1, 0.15) is 4.75 Å². The van der Waals surface area contributed by atoms with Crippen LogP contribution in [0.2, 0.25) is 0 Å². The summed E-state index contributed by atoms with van der Waals surface area (Å²) in [5.41, 5.74) is 7.40. The quantitative estimate of drug-likeness (QED) is 0.837. The zero-order valence-corrected chi connectivity index (χ0v) is 13.5. The number of sulfone groups is 1. The summed E-state index contributed by atoms with van der Waals surface area (Å²) in [6.07, 6.45) is 2.93. The fourth-order valence-electron chi connectivity index (χ4n) is 2.12. The van der Waals surface area contributed by atoms with Crippen LogP contribution >= 0.6 is 0 Å². The molecular formula is C15H22N2O3S. The fraction of sp³-hybridized carbons (Fsp3) is 0.533. The second-order valence-corrected chi connectivity index (χ2v) is 8.71. The molecule has 116 valence electrons. The van der Waals surface area contributed by atoms with Crippen molar-refractivity contribution < 1.29 is 13.2 Å². The Kier molecular flexibility index (Phi) is 4.02. The lowest BCUT2D eigenvalue weighted by Crippen LogP contribution is -2.50. The molecule has 0 unspecified atom stereocenters. The van der Waals surface area contributed by atoms with Gasteiger partial charge in [0.2, 0.25) is 5.91 Å². The molecule has 0 spiro atoms. The molecule has 1 amide bonds. The molecule has 1 aromatic rings. The smallest absolute Gasteiger partial charge is 0.243 e. The van der Waals surface area contributed by atoms with Crippen molar-refractivity contribution in [2.24, 2.45) is 0 Å². The van der Waals surface area contributed by atoms with Crippen molar-refractivity contribution in [1.82, 2.24) is 4.90 Å². The van der Waals surface area contributed by atoms with Crippen LogP contribution in [0.1, 0.15) is 32.3 Å². The maximum Gasteiger partial charge on any atom is 0.243 e. The Morgan fingerprint density at radius 2 is 1.90 bits per heavy atom. The predicted octanol–water partition coefficient (Wildman–Crippen LogP) is 1.58. The van der Waals surface area contributed by atoms with Crippen LogP contribution in [0.25, 0.3) is 0 Å². The monoisotopic (exact) mass is 310 g/mol. The number of anilines is 1. The summed E-state index contributed by atoms with van der Waals surface area (Å²) in [4.78, 5) is 14.4. The summed E-state index contributed by atoms with van der Waals surface area (Å²) in [7, 11) is -3.48. The lowest BCUT2D eigenvalue weighted by molar-refractivity contribution is -0.134. The first-order valence-electron chi connectivity index (χ1n) is 6.98. The SMILES string of the molecule is CC(C)(C(=O)N(Cc1ccccc1N)C1CC1)S(C)(=O)=O. The Morgan fingerprint density at radius 1 is 1.33 bits per heavy atom. The largest absolute Gasteiger partial charge is 0.398 e. The summed E-state index contributed by atoms with van der Waals surface area (Å²) < 4.78 is 22.4. The standard InChI is InChI=1S/C15H22N2O3S/c1-15(2,21(3,19)20)14(18)17(12-8-9-12)10-11-6-4-5-7-13(11)16/h4-7,12H,8-10,16H2,1-3H3. The number of hydrogen-bond acceptors (Lipinski definition) is 4. The highest BCUT2D eigenvalue weighted by atomic mass is 32.2. The van der Waals surface area contributed by atoms with E-state index in [0.29, 0.717) is 12.2 Å². The number of nitrogens with two attached hydrogens (primary N) is 1. The molecular weight excluding hydrogens is 288 g/mol. The molecule has 0 atom stereocenters. The van der Waals surface area contributed by atoms with Crippen LogP contribution < -0.4 is 5.73 Å². The van der Waals surface area contributed by atoms with E-state index in [1.54, 1.807) is 11.0 Å². The summed E-state index contributed by atoms with van der Waals surface area (Å²) >= 11 is 0. The molecule has 0 bridgehead atoms. The van der Waals surface area contributed by atoms with E-state index in [1.807, 2.05) is 18.2 Å². The van der Waals surface area contributed by atoms with Gasteiger partial charge in [0.25, 0.3) is 0 Å². The van der Waals surface area contributed by atoms with Gasteiger partial charge in [0.05, 0.1) is 0 Å². The normalized spacial score (nSPS) is 15.8. The molecule has 6 heteroatoms. The summed E-state index contributed by atoms with van der Waals surface area (Å²) in [5, 5.41) is 0. The number of benzene rings is 1. The minimum Gasteiger partial charge on any atom is -0.398 e. The lowest BCUT2D eigenvalue weighted by Gasteiger charge is -2.31. The van der Waals surface area contributed by atoms with Crippen molar-refractivity contribution in [2.75, 3.05) is 12.0 Å². The zero-order valence-electron chi connectivity index (χ0n) is 12.7. The number of carbonyl (C=O) groups excluding carboxylic acids is 1. The van der Waals surface area contributed by atoms with E-state index in [1.165, 1.54) is 13.8 Å². The van der Waals surface area contributed by atoms with E-state index in [0.717, 1.165) is 24.7 Å². The highest BCUT2D eigenvalue weighted by Crippen LogP contribution is 2.33. The molecule has 1 aliphatic carbocycles. The van der Waals surface area contributed by atoms with Crippen molar-refractivity contribution in [2.45, 2.75) is 44.0 Å². The summed E-state index contributed by atoms with van der Waals surface area (Å²) in [6, 6.07) is 7.47. The molecule has 0 saturated heterocycles. The minimum atomic E-state index is -3.48. The molecule has 1 fully saturated rings. The van der Waals surface area contributed by atoms with Gasteiger partial charge in [0.15, 0.2) is 9.84 Å². The number of amides is 1. The average molecular weight is 310 g/mol. The third kappa shape index (κ3) is 3.20. The first kappa shape index (κ1) is 15.8. The van der Waals surface area contributed by atoms with E-state index >= 15 is 0 Å². The molecule has 2 N–H and O–H groups in total. The fourth-order valence-corrected chi connectivity index (χ4v) is 2.55. The molecule has 21 heavy (non-hydrogen) atoms. The van der Waals surface area contributed by atoms with E-state index in [4.69, 9.17) is 5.73 Å².